The molecule has 0 aliphatic carbocycles. The first-order chi connectivity index (χ1) is 11.5. The smallest absolute Gasteiger partial charge is 0.193 e. The quantitative estimate of drug-likeness (QED) is 0.592. The lowest BCUT2D eigenvalue weighted by Gasteiger charge is -2.13. The lowest BCUT2D eigenvalue weighted by Crippen LogP contribution is -2.03. The van der Waals surface area contributed by atoms with Gasteiger partial charge in [-0.25, -0.2) is 0 Å². The minimum absolute atomic E-state index is 0.0795. The Kier molecular flexibility index (Phi) is 5.87. The number of carbonyl (C=O) groups is 1. The fourth-order valence-corrected chi connectivity index (χ4v) is 2.53. The summed E-state index contributed by atoms with van der Waals surface area (Å²) in [6.45, 7) is 0. The topological polar surface area (TPSA) is 65.0 Å². The molecule has 0 bridgehead atoms. The van der Waals surface area contributed by atoms with Gasteiger partial charge in [-0.05, 0) is 30.4 Å². The maximum Gasteiger partial charge on any atom is 0.193 e. The molecule has 0 aromatic heterocycles. The highest BCUT2D eigenvalue weighted by molar-refractivity contribution is 9.10. The van der Waals surface area contributed by atoms with E-state index in [4.69, 9.17) is 14.2 Å². The molecule has 0 saturated carbocycles. The van der Waals surface area contributed by atoms with Crippen LogP contribution in [0.3, 0.4) is 0 Å². The molecular weight excluding hydrogens is 376 g/mol. The largest absolute Gasteiger partial charge is 0.507 e. The molecule has 0 unspecified atom stereocenters. The predicted molar refractivity (Wildman–Crippen MR) is 95.3 cm³/mol. The van der Waals surface area contributed by atoms with E-state index in [-0.39, 0.29) is 17.1 Å². The number of phenolic OH excluding ortho intramolecular Hbond substituents is 1. The van der Waals surface area contributed by atoms with E-state index in [1.54, 1.807) is 30.3 Å². The number of allylic oxidation sites excluding steroid dienone is 1. The van der Waals surface area contributed by atoms with Crippen molar-refractivity contribution in [1.82, 2.24) is 0 Å². The Morgan fingerprint density at radius 1 is 1.04 bits per heavy atom. The molecule has 0 saturated heterocycles. The summed E-state index contributed by atoms with van der Waals surface area (Å²) < 4.78 is 16.5. The second-order valence-electron chi connectivity index (χ2n) is 4.81. The van der Waals surface area contributed by atoms with Gasteiger partial charge in [0.05, 0.1) is 21.3 Å². The highest BCUT2D eigenvalue weighted by atomic mass is 79.9. The number of hydrogen-bond acceptors (Lipinski definition) is 5. The van der Waals surface area contributed by atoms with Gasteiger partial charge < -0.3 is 19.3 Å². The lowest BCUT2D eigenvalue weighted by atomic mass is 10.1. The molecule has 0 spiro atoms. The minimum atomic E-state index is -0.314. The van der Waals surface area contributed by atoms with Crippen molar-refractivity contribution >= 4 is 27.8 Å². The molecule has 0 atom stereocenters. The van der Waals surface area contributed by atoms with Crippen LogP contribution in [0.15, 0.2) is 40.9 Å². The fraction of sp³-hybridized carbons (Fsp3) is 0.167. The Balaban J connectivity index is 2.42. The van der Waals surface area contributed by atoms with E-state index in [0.717, 1.165) is 4.47 Å². The molecule has 2 rings (SSSR count). The Morgan fingerprint density at radius 3 is 2.21 bits per heavy atom. The van der Waals surface area contributed by atoms with Gasteiger partial charge in [0.1, 0.15) is 28.6 Å². The third kappa shape index (κ3) is 3.89. The average Bonchev–Trinajstić information content (AvgIpc) is 2.60. The monoisotopic (exact) mass is 392 g/mol. The number of rotatable bonds is 6. The summed E-state index contributed by atoms with van der Waals surface area (Å²) >= 11 is 3.33. The normalized spacial score (nSPS) is 10.7. The summed E-state index contributed by atoms with van der Waals surface area (Å²) in [5.41, 5.74) is 0.802. The van der Waals surface area contributed by atoms with Crippen LogP contribution in [0.25, 0.3) is 6.08 Å². The van der Waals surface area contributed by atoms with Crippen LogP contribution < -0.4 is 14.2 Å². The number of halogens is 1. The van der Waals surface area contributed by atoms with Crippen molar-refractivity contribution in [2.45, 2.75) is 0 Å². The summed E-state index contributed by atoms with van der Waals surface area (Å²) in [6.07, 6.45) is 2.89. The second-order valence-corrected chi connectivity index (χ2v) is 5.72. The first kappa shape index (κ1) is 17.9. The van der Waals surface area contributed by atoms with Gasteiger partial charge in [0.25, 0.3) is 0 Å². The van der Waals surface area contributed by atoms with Crippen molar-refractivity contribution in [3.63, 3.8) is 0 Å². The summed E-state index contributed by atoms with van der Waals surface area (Å²) in [5, 5.41) is 9.84. The number of hydrogen-bond donors (Lipinski definition) is 1. The van der Waals surface area contributed by atoms with Gasteiger partial charge in [0.2, 0.25) is 0 Å². The molecule has 126 valence electrons. The zero-order valence-electron chi connectivity index (χ0n) is 13.5. The maximum absolute atomic E-state index is 12.6. The van der Waals surface area contributed by atoms with Crippen LogP contribution in [0.4, 0.5) is 0 Å². The molecule has 0 aliphatic heterocycles. The van der Waals surface area contributed by atoms with Crippen molar-refractivity contribution in [2.75, 3.05) is 21.3 Å². The van der Waals surface area contributed by atoms with Gasteiger partial charge >= 0.3 is 0 Å². The van der Waals surface area contributed by atoms with Crippen LogP contribution in [-0.4, -0.2) is 32.2 Å². The van der Waals surface area contributed by atoms with Crippen molar-refractivity contribution in [1.29, 1.82) is 0 Å². The predicted octanol–water partition coefficient (Wildman–Crippen LogP) is 4.08. The zero-order valence-corrected chi connectivity index (χ0v) is 15.1. The van der Waals surface area contributed by atoms with Crippen molar-refractivity contribution in [3.8, 4) is 23.0 Å². The van der Waals surface area contributed by atoms with Crippen molar-refractivity contribution in [3.05, 3.63) is 52.0 Å². The van der Waals surface area contributed by atoms with E-state index in [9.17, 15) is 9.90 Å². The van der Waals surface area contributed by atoms with Gasteiger partial charge in [-0.2, -0.15) is 0 Å². The third-order valence-electron chi connectivity index (χ3n) is 3.37. The Bertz CT molecular complexity index is 758. The third-order valence-corrected chi connectivity index (χ3v) is 3.86. The van der Waals surface area contributed by atoms with Crippen molar-refractivity contribution in [2.24, 2.45) is 0 Å². The summed E-state index contributed by atoms with van der Waals surface area (Å²) in [6, 6.07) is 8.19. The number of carbonyl (C=O) groups excluding carboxylic acids is 1. The maximum atomic E-state index is 12.6. The Hall–Kier alpha value is -2.47. The first-order valence-corrected chi connectivity index (χ1v) is 7.80. The number of aromatic hydroxyl groups is 1. The zero-order chi connectivity index (χ0) is 17.7. The molecule has 24 heavy (non-hydrogen) atoms. The number of ether oxygens (including phenoxy) is 3. The lowest BCUT2D eigenvalue weighted by molar-refractivity contribution is 0.104. The van der Waals surface area contributed by atoms with Crippen LogP contribution in [0, 0.1) is 0 Å². The number of ketones is 1. The number of benzene rings is 2. The summed E-state index contributed by atoms with van der Waals surface area (Å²) in [4.78, 5) is 12.6. The van der Waals surface area contributed by atoms with E-state index in [1.807, 2.05) is 0 Å². The molecule has 0 radical (unpaired) electrons. The fourth-order valence-electron chi connectivity index (χ4n) is 2.16. The summed E-state index contributed by atoms with van der Waals surface area (Å²) in [7, 11) is 4.45. The molecular formula is C18H17BrO5. The SMILES string of the molecule is COc1cc(OC)c(C(=O)C=Cc2cc(Br)ccc2O)c(OC)c1. The Morgan fingerprint density at radius 2 is 1.67 bits per heavy atom. The van der Waals surface area contributed by atoms with Crippen LogP contribution in [-0.2, 0) is 0 Å². The van der Waals surface area contributed by atoms with Gasteiger partial charge in [0, 0.05) is 22.2 Å². The van der Waals surface area contributed by atoms with E-state index < -0.39 is 0 Å². The number of methoxy groups -OCH3 is 3. The van der Waals surface area contributed by atoms with E-state index in [0.29, 0.717) is 22.8 Å². The molecule has 5 nitrogen and oxygen atoms in total. The highest BCUT2D eigenvalue weighted by Gasteiger charge is 2.18. The molecule has 6 heteroatoms. The van der Waals surface area contributed by atoms with Gasteiger partial charge in [-0.15, -0.1) is 0 Å². The minimum Gasteiger partial charge on any atom is -0.507 e. The summed E-state index contributed by atoms with van der Waals surface area (Å²) in [5.74, 6) is 0.981. The van der Waals surface area contributed by atoms with Crippen LogP contribution in [0.5, 0.6) is 23.0 Å². The molecule has 2 aromatic carbocycles. The molecule has 0 amide bonds. The highest BCUT2D eigenvalue weighted by Crippen LogP contribution is 2.35. The molecule has 2 aromatic rings. The van der Waals surface area contributed by atoms with Gasteiger partial charge in [-0.1, -0.05) is 15.9 Å². The second kappa shape index (κ2) is 7.88. The van der Waals surface area contributed by atoms with E-state index >= 15 is 0 Å². The van der Waals surface area contributed by atoms with Gasteiger partial charge in [-0.3, -0.25) is 4.79 Å². The molecule has 0 fully saturated rings. The Labute approximate surface area is 148 Å². The van der Waals surface area contributed by atoms with Crippen molar-refractivity contribution < 1.29 is 24.1 Å². The van der Waals surface area contributed by atoms with E-state index in [2.05, 4.69) is 15.9 Å². The molecule has 0 heterocycles. The van der Waals surface area contributed by atoms with Crippen LogP contribution in [0.1, 0.15) is 15.9 Å². The number of phenols is 1. The van der Waals surface area contributed by atoms with Crippen LogP contribution in [0.2, 0.25) is 0 Å². The molecule has 1 N–H and O–H groups in total. The van der Waals surface area contributed by atoms with Crippen LogP contribution >= 0.6 is 15.9 Å². The average molecular weight is 393 g/mol. The van der Waals surface area contributed by atoms with E-state index in [1.165, 1.54) is 33.5 Å². The van der Waals surface area contributed by atoms with Gasteiger partial charge in [0.15, 0.2) is 5.78 Å². The molecule has 0 aliphatic rings. The standard InChI is InChI=1S/C18H17BrO5/c1-22-13-9-16(23-2)18(17(10-13)24-3)15(21)6-4-11-8-12(19)5-7-14(11)20/h4-10,20H,1-3H3. The first-order valence-electron chi connectivity index (χ1n) is 7.01.